The molecule has 0 saturated carbocycles. The summed E-state index contributed by atoms with van der Waals surface area (Å²) in [4.78, 5) is 0. The molecule has 1 atom stereocenters. The van der Waals surface area contributed by atoms with Gasteiger partial charge in [-0.2, -0.15) is 35.4 Å². The summed E-state index contributed by atoms with van der Waals surface area (Å²) < 4.78 is 1.31. The van der Waals surface area contributed by atoms with E-state index in [9.17, 15) is 0 Å². The first-order chi connectivity index (χ1) is 19.9. The van der Waals surface area contributed by atoms with Crippen molar-refractivity contribution in [2.45, 2.75) is 54.4 Å². The first-order valence-electron chi connectivity index (χ1n) is 14.5. The molecule has 0 spiro atoms. The molecule has 0 amide bonds. The summed E-state index contributed by atoms with van der Waals surface area (Å²) in [5.74, 6) is 0.573. The van der Waals surface area contributed by atoms with Crippen molar-refractivity contribution >= 4 is 26.4 Å². The van der Waals surface area contributed by atoms with Crippen LogP contribution in [0.25, 0.3) is 11.1 Å². The second-order valence-electron chi connectivity index (χ2n) is 12.0. The Morgan fingerprint density at radius 3 is 1.84 bits per heavy atom. The van der Waals surface area contributed by atoms with Gasteiger partial charge in [0.05, 0.1) is 0 Å². The molecule has 0 aliphatic heterocycles. The van der Waals surface area contributed by atoms with Crippen molar-refractivity contribution in [3.05, 3.63) is 152 Å². The summed E-state index contributed by atoms with van der Waals surface area (Å²) in [6, 6.07) is 30.4. The molecule has 0 nitrogen and oxygen atoms in total. The van der Waals surface area contributed by atoms with Gasteiger partial charge < -0.3 is 24.8 Å². The molecule has 0 aromatic heterocycles. The van der Waals surface area contributed by atoms with Gasteiger partial charge in [-0.3, -0.25) is 6.08 Å². The van der Waals surface area contributed by atoms with Gasteiger partial charge in [-0.25, -0.2) is 6.08 Å². The van der Waals surface area contributed by atoms with Crippen molar-refractivity contribution in [1.82, 2.24) is 0 Å². The quantitative estimate of drug-likeness (QED) is 0.225. The molecule has 228 valence electrons. The number of halogens is 4. The number of rotatable bonds is 3. The van der Waals surface area contributed by atoms with Gasteiger partial charge in [0, 0.05) is 0 Å². The Morgan fingerprint density at radius 1 is 0.818 bits per heavy atom. The number of aryl methyl sites for hydroxylation is 2. The van der Waals surface area contributed by atoms with E-state index in [0.717, 1.165) is 16.5 Å². The minimum atomic E-state index is 0. The van der Waals surface area contributed by atoms with Gasteiger partial charge in [0.1, 0.15) is 0 Å². The molecule has 6 rings (SSSR count). The Morgan fingerprint density at radius 2 is 1.36 bits per heavy atom. The molecular formula is C39H38Cl4Zr-2. The first kappa shape index (κ1) is 38.5. The topological polar surface area (TPSA) is 0 Å². The monoisotopic (exact) mass is 736 g/mol. The fourth-order valence-electron chi connectivity index (χ4n) is 4.98. The molecule has 0 fully saturated rings. The largest absolute Gasteiger partial charge is 1.00 e. The summed E-state index contributed by atoms with van der Waals surface area (Å²) in [5.41, 5.74) is 12.3. The third-order valence-electron chi connectivity index (χ3n) is 7.50. The number of fused-ring (bicyclic) bond motifs is 3. The van der Waals surface area contributed by atoms with E-state index < -0.39 is 0 Å². The maximum atomic E-state index is 5.86. The van der Waals surface area contributed by atoms with Crippen LogP contribution in [0, 0.1) is 37.3 Å². The van der Waals surface area contributed by atoms with E-state index in [1.807, 2.05) is 48.5 Å². The molecule has 4 aromatic rings. The number of benzene rings is 4. The maximum absolute atomic E-state index is 5.86. The molecule has 0 saturated heterocycles. The Balaban J connectivity index is 0.000000229. The summed E-state index contributed by atoms with van der Waals surface area (Å²) in [6.45, 7) is 13.2. The molecule has 4 aromatic carbocycles. The summed E-state index contributed by atoms with van der Waals surface area (Å²) >= 11 is 13.1. The molecule has 0 bridgehead atoms. The van der Waals surface area contributed by atoms with E-state index in [2.05, 4.69) is 96.2 Å². The van der Waals surface area contributed by atoms with Crippen LogP contribution in [0.2, 0.25) is 10.0 Å². The van der Waals surface area contributed by atoms with Gasteiger partial charge in [-0.05, 0) is 18.9 Å². The van der Waals surface area contributed by atoms with Crippen LogP contribution in [0.15, 0.2) is 96.6 Å². The second kappa shape index (κ2) is 17.3. The first-order valence-corrected chi connectivity index (χ1v) is 16.5. The number of allylic oxidation sites excluding steroid dienone is 4. The Bertz CT molecular complexity index is 1510. The third-order valence-corrected chi connectivity index (χ3v) is 9.42. The van der Waals surface area contributed by atoms with Gasteiger partial charge in [0.25, 0.3) is 0 Å². The Labute approximate surface area is 302 Å². The van der Waals surface area contributed by atoms with Gasteiger partial charge in [0.15, 0.2) is 0 Å². The van der Waals surface area contributed by atoms with Crippen molar-refractivity contribution in [3.63, 3.8) is 0 Å². The standard InChI is InChI=1S/C15H13.C13H8Cl2.C11H17.2ClH.Zr/c1-10-3-5-14-12(7-10)9-13-8-11(2)4-6-15(13)14;14-12-5-1-10(2-6-12)9-11-3-7-13(15)8-4-11;1-5-9-6-7-10(8-9)11(2,3)4;;;/h3-7H,9H2,1-2H3;1-8H;7-9H,5H2,1-4H3;2*1H;/q-1;;-1;;;+2/p-2. The van der Waals surface area contributed by atoms with E-state index in [-0.39, 0.29) is 24.8 Å². The van der Waals surface area contributed by atoms with Gasteiger partial charge in [-0.1, -0.05) is 81.7 Å². The van der Waals surface area contributed by atoms with Gasteiger partial charge in [0.2, 0.25) is 0 Å². The van der Waals surface area contributed by atoms with Crippen molar-refractivity contribution in [2.75, 3.05) is 0 Å². The van der Waals surface area contributed by atoms with Crippen LogP contribution in [0.4, 0.5) is 0 Å². The van der Waals surface area contributed by atoms with Crippen molar-refractivity contribution in [3.8, 4) is 11.1 Å². The van der Waals surface area contributed by atoms with Crippen LogP contribution in [0.3, 0.4) is 0 Å². The Kier molecular flexibility index (Phi) is 15.1. The zero-order chi connectivity index (χ0) is 30.4. The molecule has 2 aliphatic carbocycles. The molecule has 0 radical (unpaired) electrons. The number of hydrogen-bond acceptors (Lipinski definition) is 0. The van der Waals surface area contributed by atoms with Crippen LogP contribution in [-0.4, -0.2) is 3.21 Å². The van der Waals surface area contributed by atoms with E-state index in [1.54, 1.807) is 0 Å². The van der Waals surface area contributed by atoms with Crippen LogP contribution in [-0.2, 0) is 30.7 Å². The zero-order valence-corrected chi connectivity index (χ0v) is 31.6. The predicted molar refractivity (Wildman–Crippen MR) is 178 cm³/mol. The molecule has 5 heteroatoms. The molecule has 44 heavy (non-hydrogen) atoms. The zero-order valence-electron chi connectivity index (χ0n) is 26.2. The van der Waals surface area contributed by atoms with E-state index in [0.29, 0.717) is 11.3 Å². The fourth-order valence-corrected chi connectivity index (χ4v) is 6.05. The van der Waals surface area contributed by atoms with Gasteiger partial charge >= 0.3 is 120 Å². The van der Waals surface area contributed by atoms with Crippen LogP contribution >= 0.6 is 23.2 Å². The normalized spacial score (nSPS) is 14.0. The van der Waals surface area contributed by atoms with Gasteiger partial charge in [-0.15, -0.1) is 11.1 Å². The summed E-state index contributed by atoms with van der Waals surface area (Å²) in [5, 5.41) is 1.53. The van der Waals surface area contributed by atoms with Crippen LogP contribution in [0.1, 0.15) is 67.5 Å². The SMILES string of the molecule is CCC1[C-]=CC(C(C)(C)C)=C1.Cc1[c-]c2c(cc1)-c1ccc(C)cc1C2.Clc1ccc([C](=[Zr+2])c2ccc(Cl)cc2)cc1.[Cl-].[Cl-]. The maximum Gasteiger partial charge on any atom is -1.00 e. The fraction of sp³-hybridized carbons (Fsp3) is 0.256. The molecule has 2 aliphatic rings. The average molecular weight is 740 g/mol. The molecular weight excluding hydrogens is 701 g/mol. The molecule has 1 unspecified atom stereocenters. The minimum Gasteiger partial charge on any atom is -1.00 e. The van der Waals surface area contributed by atoms with Crippen molar-refractivity contribution in [2.24, 2.45) is 11.3 Å². The molecule has 0 N–H and O–H groups in total. The smallest absolute Gasteiger partial charge is 1.00 e. The van der Waals surface area contributed by atoms with Crippen molar-refractivity contribution in [1.29, 1.82) is 0 Å². The molecule has 0 heterocycles. The van der Waals surface area contributed by atoms with E-state index in [1.165, 1.54) is 83.9 Å². The minimum absolute atomic E-state index is 0. The third kappa shape index (κ3) is 10.4. The predicted octanol–water partition coefficient (Wildman–Crippen LogP) is 5.15. The summed E-state index contributed by atoms with van der Waals surface area (Å²) in [6.07, 6.45) is 10.1. The van der Waals surface area contributed by atoms with E-state index in [4.69, 9.17) is 23.2 Å². The number of hydrogen-bond donors (Lipinski definition) is 0. The second-order valence-corrected chi connectivity index (χ2v) is 14.1. The average Bonchev–Trinajstić information content (AvgIpc) is 3.58. The van der Waals surface area contributed by atoms with Crippen LogP contribution in [0.5, 0.6) is 0 Å². The van der Waals surface area contributed by atoms with Crippen molar-refractivity contribution < 1.29 is 49.0 Å². The van der Waals surface area contributed by atoms with E-state index >= 15 is 0 Å². The summed E-state index contributed by atoms with van der Waals surface area (Å²) in [7, 11) is 0. The van der Waals surface area contributed by atoms with Crippen LogP contribution < -0.4 is 24.8 Å². The Hall–Kier alpha value is -1.73.